The van der Waals surface area contributed by atoms with Crippen molar-refractivity contribution in [2.75, 3.05) is 46.6 Å². The number of rotatable bonds is 8. The summed E-state index contributed by atoms with van der Waals surface area (Å²) in [5.74, 6) is 0.651. The first kappa shape index (κ1) is 13.4. The maximum atomic E-state index is 11.2. The normalized spacial score (nSPS) is 19.9. The second-order valence-electron chi connectivity index (χ2n) is 4.04. The number of nitrogens with one attached hydrogen (secondary N) is 2. The predicted octanol–water partition coefficient (Wildman–Crippen LogP) is -0.235. The second kappa shape index (κ2) is 8.50. The Morgan fingerprint density at radius 2 is 2.38 bits per heavy atom. The monoisotopic (exact) mass is 230 g/mol. The van der Waals surface area contributed by atoms with Crippen LogP contribution in [-0.4, -0.2) is 52.5 Å². The molecule has 16 heavy (non-hydrogen) atoms. The van der Waals surface area contributed by atoms with E-state index in [2.05, 4.69) is 10.6 Å². The van der Waals surface area contributed by atoms with E-state index >= 15 is 0 Å². The van der Waals surface area contributed by atoms with E-state index in [0.717, 1.165) is 25.4 Å². The Balaban J connectivity index is 1.87. The number of ether oxygens (including phenoxy) is 2. The summed E-state index contributed by atoms with van der Waals surface area (Å²) in [5, 5.41) is 6.02. The lowest BCUT2D eigenvalue weighted by molar-refractivity contribution is -0.126. The van der Waals surface area contributed by atoms with Gasteiger partial charge in [-0.25, -0.2) is 0 Å². The summed E-state index contributed by atoms with van der Waals surface area (Å²) in [6, 6.07) is 0. The van der Waals surface area contributed by atoms with Crippen LogP contribution in [0.25, 0.3) is 0 Å². The van der Waals surface area contributed by atoms with E-state index in [-0.39, 0.29) is 12.5 Å². The van der Waals surface area contributed by atoms with Gasteiger partial charge in [0.15, 0.2) is 0 Å². The van der Waals surface area contributed by atoms with Crippen LogP contribution < -0.4 is 10.6 Å². The molecule has 1 saturated heterocycles. The van der Waals surface area contributed by atoms with Crippen molar-refractivity contribution in [3.8, 4) is 0 Å². The number of carbonyl (C=O) groups excluding carboxylic acids is 1. The maximum absolute atomic E-state index is 11.2. The summed E-state index contributed by atoms with van der Waals surface area (Å²) >= 11 is 0. The van der Waals surface area contributed by atoms with Crippen molar-refractivity contribution in [3.05, 3.63) is 0 Å². The molecule has 0 radical (unpaired) electrons. The van der Waals surface area contributed by atoms with Gasteiger partial charge in [-0.1, -0.05) is 0 Å². The number of carbonyl (C=O) groups is 1. The number of methoxy groups -OCH3 is 1. The van der Waals surface area contributed by atoms with Crippen LogP contribution in [0.3, 0.4) is 0 Å². The third-order valence-corrected chi connectivity index (χ3v) is 2.69. The molecule has 0 aromatic heterocycles. The lowest BCUT2D eigenvalue weighted by atomic mass is 10.1. The Morgan fingerprint density at radius 3 is 3.06 bits per heavy atom. The molecule has 0 aromatic rings. The van der Waals surface area contributed by atoms with Crippen molar-refractivity contribution in [3.63, 3.8) is 0 Å². The zero-order valence-electron chi connectivity index (χ0n) is 9.96. The van der Waals surface area contributed by atoms with E-state index in [9.17, 15) is 4.79 Å². The molecule has 1 atom stereocenters. The van der Waals surface area contributed by atoms with Crippen LogP contribution in [0.5, 0.6) is 0 Å². The Bertz CT molecular complexity index is 194. The van der Waals surface area contributed by atoms with Gasteiger partial charge in [-0.05, 0) is 31.8 Å². The molecule has 5 nitrogen and oxygen atoms in total. The summed E-state index contributed by atoms with van der Waals surface area (Å²) in [5.41, 5.74) is 0. The van der Waals surface area contributed by atoms with Crippen molar-refractivity contribution >= 4 is 5.91 Å². The van der Waals surface area contributed by atoms with E-state index in [0.29, 0.717) is 19.8 Å². The minimum atomic E-state index is -0.0680. The largest absolute Gasteiger partial charge is 0.383 e. The Hall–Kier alpha value is -0.650. The molecule has 1 aliphatic heterocycles. The first-order chi connectivity index (χ1) is 7.83. The first-order valence-corrected chi connectivity index (χ1v) is 5.87. The van der Waals surface area contributed by atoms with Crippen LogP contribution in [0.1, 0.15) is 12.8 Å². The minimum absolute atomic E-state index is 0.0680. The summed E-state index contributed by atoms with van der Waals surface area (Å²) in [6.45, 7) is 4.12. The molecule has 1 unspecified atom stereocenters. The topological polar surface area (TPSA) is 59.6 Å². The average molecular weight is 230 g/mol. The van der Waals surface area contributed by atoms with Gasteiger partial charge in [0.1, 0.15) is 6.61 Å². The van der Waals surface area contributed by atoms with Crippen molar-refractivity contribution in [2.45, 2.75) is 12.8 Å². The predicted molar refractivity (Wildman–Crippen MR) is 61.3 cm³/mol. The van der Waals surface area contributed by atoms with Crippen LogP contribution in [0, 0.1) is 5.92 Å². The van der Waals surface area contributed by atoms with Gasteiger partial charge in [-0.15, -0.1) is 0 Å². The van der Waals surface area contributed by atoms with Gasteiger partial charge in [0.2, 0.25) is 5.91 Å². The van der Waals surface area contributed by atoms with Gasteiger partial charge in [0, 0.05) is 20.3 Å². The number of amides is 1. The van der Waals surface area contributed by atoms with Crippen LogP contribution in [-0.2, 0) is 14.3 Å². The molecule has 1 rings (SSSR count). The molecule has 0 aliphatic carbocycles. The smallest absolute Gasteiger partial charge is 0.246 e. The molecule has 5 heteroatoms. The average Bonchev–Trinajstić information content (AvgIpc) is 2.78. The highest BCUT2D eigenvalue weighted by Crippen LogP contribution is 2.11. The Morgan fingerprint density at radius 1 is 1.50 bits per heavy atom. The first-order valence-electron chi connectivity index (χ1n) is 5.87. The summed E-state index contributed by atoms with van der Waals surface area (Å²) in [4.78, 5) is 11.2. The molecular weight excluding hydrogens is 208 g/mol. The lowest BCUT2D eigenvalue weighted by Gasteiger charge is -2.08. The fourth-order valence-electron chi connectivity index (χ4n) is 1.72. The van der Waals surface area contributed by atoms with Gasteiger partial charge < -0.3 is 20.1 Å². The molecule has 0 saturated carbocycles. The maximum Gasteiger partial charge on any atom is 0.246 e. The highest BCUT2D eigenvalue weighted by atomic mass is 16.5. The highest BCUT2D eigenvalue weighted by molar-refractivity contribution is 5.77. The quantitative estimate of drug-likeness (QED) is 0.565. The third-order valence-electron chi connectivity index (χ3n) is 2.69. The molecule has 1 fully saturated rings. The van der Waals surface area contributed by atoms with Crippen LogP contribution in [0.4, 0.5) is 0 Å². The highest BCUT2D eigenvalue weighted by Gasteiger charge is 2.13. The molecule has 94 valence electrons. The standard InChI is InChI=1S/C11H22N2O3/c1-15-7-5-13-11(14)9-16-6-3-10-2-4-12-8-10/h10,12H,2-9H2,1H3,(H,13,14). The fourth-order valence-corrected chi connectivity index (χ4v) is 1.72. The van der Waals surface area contributed by atoms with Gasteiger partial charge >= 0.3 is 0 Å². The van der Waals surface area contributed by atoms with Crippen LogP contribution in [0.2, 0.25) is 0 Å². The summed E-state index contributed by atoms with van der Waals surface area (Å²) in [7, 11) is 1.61. The summed E-state index contributed by atoms with van der Waals surface area (Å²) in [6.07, 6.45) is 2.27. The number of hydrogen-bond acceptors (Lipinski definition) is 4. The SMILES string of the molecule is COCCNC(=O)COCCC1CCNC1. The minimum Gasteiger partial charge on any atom is -0.383 e. The van der Waals surface area contributed by atoms with Crippen molar-refractivity contribution in [2.24, 2.45) is 5.92 Å². The molecule has 1 amide bonds. The lowest BCUT2D eigenvalue weighted by Crippen LogP contribution is -2.30. The zero-order chi connectivity index (χ0) is 11.6. The van der Waals surface area contributed by atoms with Crippen molar-refractivity contribution in [1.82, 2.24) is 10.6 Å². The van der Waals surface area contributed by atoms with E-state index in [1.807, 2.05) is 0 Å². The van der Waals surface area contributed by atoms with Gasteiger partial charge in [0.25, 0.3) is 0 Å². The molecule has 0 spiro atoms. The van der Waals surface area contributed by atoms with Crippen LogP contribution in [0.15, 0.2) is 0 Å². The van der Waals surface area contributed by atoms with Gasteiger partial charge in [-0.3, -0.25) is 4.79 Å². The van der Waals surface area contributed by atoms with Gasteiger partial charge in [-0.2, -0.15) is 0 Å². The Kier molecular flexibility index (Phi) is 7.12. The Labute approximate surface area is 96.9 Å². The third kappa shape index (κ3) is 6.05. The zero-order valence-corrected chi connectivity index (χ0v) is 9.96. The molecule has 2 N–H and O–H groups in total. The molecule has 0 aromatic carbocycles. The van der Waals surface area contributed by atoms with Crippen molar-refractivity contribution < 1.29 is 14.3 Å². The molecular formula is C11H22N2O3. The molecule has 0 bridgehead atoms. The van der Waals surface area contributed by atoms with Crippen molar-refractivity contribution in [1.29, 1.82) is 0 Å². The number of hydrogen-bond donors (Lipinski definition) is 2. The fraction of sp³-hybridized carbons (Fsp3) is 0.909. The molecule has 1 aliphatic rings. The van der Waals surface area contributed by atoms with E-state index in [1.54, 1.807) is 7.11 Å². The summed E-state index contributed by atoms with van der Waals surface area (Å²) < 4.78 is 10.1. The van der Waals surface area contributed by atoms with Gasteiger partial charge in [0.05, 0.1) is 6.61 Å². The second-order valence-corrected chi connectivity index (χ2v) is 4.04. The molecule has 1 heterocycles. The van der Waals surface area contributed by atoms with E-state index in [1.165, 1.54) is 6.42 Å². The van der Waals surface area contributed by atoms with E-state index < -0.39 is 0 Å². The van der Waals surface area contributed by atoms with E-state index in [4.69, 9.17) is 9.47 Å². The van der Waals surface area contributed by atoms with Crippen LogP contribution >= 0.6 is 0 Å².